The van der Waals surface area contributed by atoms with E-state index in [1.165, 1.54) is 11.8 Å². The maximum Gasteiger partial charge on any atom is 0.490 e. The molecule has 4 N–H and O–H groups in total. The monoisotopic (exact) mass is 454 g/mol. The third-order valence-electron chi connectivity index (χ3n) is 3.26. The highest BCUT2D eigenvalue weighted by atomic mass is 32.2. The highest BCUT2D eigenvalue weighted by Crippen LogP contribution is 2.66. The lowest BCUT2D eigenvalue weighted by atomic mass is 9.97. The van der Waals surface area contributed by atoms with Gasteiger partial charge in [-0.2, -0.15) is 20.4 Å². The molecule has 2 aliphatic heterocycles. The molecule has 0 aromatic carbocycles. The Balaban J connectivity index is 1.89. The molecule has 2 fully saturated rings. The lowest BCUT2D eigenvalue weighted by Gasteiger charge is -2.23. The van der Waals surface area contributed by atoms with Crippen molar-refractivity contribution >= 4 is 43.1 Å². The maximum absolute atomic E-state index is 11.7. The van der Waals surface area contributed by atoms with Crippen LogP contribution in [0.4, 0.5) is 0 Å². The summed E-state index contributed by atoms with van der Waals surface area (Å²) in [4.78, 5) is 35.5. The lowest BCUT2D eigenvalue weighted by molar-refractivity contribution is -0.144. The van der Waals surface area contributed by atoms with Crippen LogP contribution in [0.25, 0.3) is 0 Å². The molecule has 26 heavy (non-hydrogen) atoms. The van der Waals surface area contributed by atoms with Gasteiger partial charge in [-0.3, -0.25) is 4.52 Å². The van der Waals surface area contributed by atoms with Gasteiger partial charge in [-0.25, -0.2) is 13.7 Å². The van der Waals surface area contributed by atoms with E-state index in [0.29, 0.717) is 19.4 Å². The maximum atomic E-state index is 11.7. The second-order valence-corrected chi connectivity index (χ2v) is 11.4. The summed E-state index contributed by atoms with van der Waals surface area (Å²) < 4.78 is 56.6. The fourth-order valence-corrected chi connectivity index (χ4v) is 6.75. The van der Waals surface area contributed by atoms with Gasteiger partial charge in [-0.05, 0) is 18.0 Å². The summed E-state index contributed by atoms with van der Waals surface area (Å²) in [6.07, 6.45) is 1.15. The first-order chi connectivity index (χ1) is 11.9. The number of phosphoric acid groups is 3. The number of hydrogen-bond donors (Lipinski definition) is 4. The van der Waals surface area contributed by atoms with Crippen molar-refractivity contribution in [2.24, 2.45) is 0 Å². The van der Waals surface area contributed by atoms with E-state index in [1.54, 1.807) is 0 Å². The van der Waals surface area contributed by atoms with Crippen molar-refractivity contribution in [1.82, 2.24) is 0 Å². The first-order valence-corrected chi connectivity index (χ1v) is 12.8. The van der Waals surface area contributed by atoms with E-state index in [9.17, 15) is 18.6 Å². The number of rotatable bonds is 9. The van der Waals surface area contributed by atoms with E-state index >= 15 is 0 Å². The van der Waals surface area contributed by atoms with Gasteiger partial charge >= 0.3 is 23.5 Å². The van der Waals surface area contributed by atoms with Gasteiger partial charge in [0.15, 0.2) is 6.29 Å². The van der Waals surface area contributed by atoms with Gasteiger partial charge in [-0.15, -0.1) is 0 Å². The minimum absolute atomic E-state index is 0.309. The molecule has 150 valence electrons. The fraction of sp³-hybridized carbons (Fsp3) is 1.00. The quantitative estimate of drug-likeness (QED) is 0.285. The van der Waals surface area contributed by atoms with Crippen molar-refractivity contribution < 1.29 is 55.9 Å². The van der Waals surface area contributed by atoms with Crippen molar-refractivity contribution in [3.8, 4) is 0 Å². The topological polar surface area (TPSA) is 178 Å². The van der Waals surface area contributed by atoms with Gasteiger partial charge in [0.25, 0.3) is 0 Å². The summed E-state index contributed by atoms with van der Waals surface area (Å²) >= 11 is 1.22. The van der Waals surface area contributed by atoms with Crippen molar-refractivity contribution in [3.63, 3.8) is 0 Å². The first kappa shape index (κ1) is 23.0. The number of phosphoric ester groups is 1. The third kappa shape index (κ3) is 8.01. The predicted molar refractivity (Wildman–Crippen MR) is 89.2 cm³/mol. The summed E-state index contributed by atoms with van der Waals surface area (Å²) in [5.41, 5.74) is 0. The van der Waals surface area contributed by atoms with Crippen LogP contribution in [0.1, 0.15) is 19.3 Å². The Bertz CT molecular complexity index is 623. The zero-order valence-corrected chi connectivity index (χ0v) is 16.7. The summed E-state index contributed by atoms with van der Waals surface area (Å²) in [7, 11) is -10.3. The second kappa shape index (κ2) is 9.05. The van der Waals surface area contributed by atoms with Crippen molar-refractivity contribution in [3.05, 3.63) is 0 Å². The van der Waals surface area contributed by atoms with E-state index in [-0.39, 0.29) is 5.15 Å². The molecule has 6 unspecified atom stereocenters. The largest absolute Gasteiger partial charge is 0.490 e. The Morgan fingerprint density at radius 1 is 1.12 bits per heavy atom. The lowest BCUT2D eigenvalue weighted by Crippen LogP contribution is -2.30. The van der Waals surface area contributed by atoms with Crippen molar-refractivity contribution in [1.29, 1.82) is 0 Å². The molecular formula is C9H18BO12P3S. The van der Waals surface area contributed by atoms with Crippen LogP contribution in [-0.4, -0.2) is 63.4 Å². The zero-order chi connectivity index (χ0) is 19.6. The molecule has 6 atom stereocenters. The first-order valence-electron chi connectivity index (χ1n) is 7.32. The van der Waals surface area contributed by atoms with Gasteiger partial charge in [0.1, 0.15) is 0 Å². The van der Waals surface area contributed by atoms with E-state index < -0.39 is 47.7 Å². The molecule has 2 heterocycles. The SMILES string of the molecule is [B]C1CC(OC2CCCO2)C(COP(=O)(O)OP(=O)(O)OP(=O)(O)O)S1. The molecule has 2 rings (SSSR count). The molecule has 0 aliphatic carbocycles. The molecule has 0 spiro atoms. The minimum atomic E-state index is -5.53. The Kier molecular flexibility index (Phi) is 8.01. The van der Waals surface area contributed by atoms with Crippen LogP contribution in [-0.2, 0) is 36.3 Å². The van der Waals surface area contributed by atoms with Crippen LogP contribution in [0.2, 0.25) is 0 Å². The van der Waals surface area contributed by atoms with Gasteiger partial charge < -0.3 is 29.0 Å². The van der Waals surface area contributed by atoms with Gasteiger partial charge in [-0.1, -0.05) is 0 Å². The normalized spacial score (nSPS) is 34.5. The third-order valence-corrected chi connectivity index (χ3v) is 8.40. The molecule has 0 aromatic heterocycles. The van der Waals surface area contributed by atoms with Gasteiger partial charge in [0.05, 0.1) is 25.8 Å². The Labute approximate surface area is 154 Å². The number of ether oxygens (including phenoxy) is 2. The Morgan fingerprint density at radius 3 is 2.38 bits per heavy atom. The molecule has 0 amide bonds. The Hall–Kier alpha value is 0.745. The molecule has 2 radical (unpaired) electrons. The van der Waals surface area contributed by atoms with E-state index in [4.69, 9.17) is 32.0 Å². The van der Waals surface area contributed by atoms with Gasteiger partial charge in [0.2, 0.25) is 0 Å². The van der Waals surface area contributed by atoms with Crippen LogP contribution in [0.5, 0.6) is 0 Å². The van der Waals surface area contributed by atoms with Gasteiger partial charge in [0, 0.05) is 13.0 Å². The Morgan fingerprint density at radius 2 is 1.81 bits per heavy atom. The fourth-order valence-electron chi connectivity index (χ4n) is 2.36. The molecule has 12 nitrogen and oxygen atoms in total. The van der Waals surface area contributed by atoms with E-state index in [2.05, 4.69) is 13.1 Å². The molecule has 2 saturated heterocycles. The molecule has 17 heteroatoms. The summed E-state index contributed by atoms with van der Waals surface area (Å²) in [5.74, 6) is 0. The summed E-state index contributed by atoms with van der Waals surface area (Å²) in [6, 6.07) is 0. The van der Waals surface area contributed by atoms with E-state index in [1.807, 2.05) is 0 Å². The number of thioether (sulfide) groups is 1. The van der Waals surface area contributed by atoms with Crippen LogP contribution in [0.3, 0.4) is 0 Å². The van der Waals surface area contributed by atoms with Crippen molar-refractivity contribution in [2.45, 2.75) is 42.1 Å². The molecule has 2 aliphatic rings. The highest BCUT2D eigenvalue weighted by molar-refractivity contribution is 8.01. The molecule has 0 bridgehead atoms. The molecule has 0 aromatic rings. The minimum Gasteiger partial charge on any atom is -0.353 e. The number of hydrogen-bond acceptors (Lipinski definition) is 9. The highest BCUT2D eigenvalue weighted by Gasteiger charge is 2.42. The van der Waals surface area contributed by atoms with Crippen LogP contribution in [0, 0.1) is 0 Å². The van der Waals surface area contributed by atoms with Crippen LogP contribution in [0.15, 0.2) is 0 Å². The van der Waals surface area contributed by atoms with Crippen molar-refractivity contribution in [2.75, 3.05) is 13.2 Å². The smallest absolute Gasteiger partial charge is 0.353 e. The predicted octanol–water partition coefficient (Wildman–Crippen LogP) is 0.851. The average Bonchev–Trinajstić information content (AvgIpc) is 3.02. The second-order valence-electron chi connectivity index (χ2n) is 5.45. The molecular weight excluding hydrogens is 436 g/mol. The summed E-state index contributed by atoms with van der Waals surface area (Å²) in [5, 5.41) is -0.796. The van der Waals surface area contributed by atoms with Crippen LogP contribution >= 0.6 is 35.2 Å². The van der Waals surface area contributed by atoms with E-state index in [0.717, 1.165) is 6.42 Å². The zero-order valence-electron chi connectivity index (χ0n) is 13.2. The molecule has 0 saturated carbocycles. The average molecular weight is 454 g/mol. The standard InChI is InChI=1S/C9H18BO12P3S/c10-8-4-6(20-9-2-1-3-18-9)7(26-8)5-19-24(14,15)22-25(16,17)21-23(11,12)13/h6-9H,1-5H2,(H,14,15)(H,16,17)(H2,11,12,13). The van der Waals surface area contributed by atoms with Crippen LogP contribution < -0.4 is 0 Å². The summed E-state index contributed by atoms with van der Waals surface area (Å²) in [6.45, 7) is 0.141.